The number of rotatable bonds is 6. The summed E-state index contributed by atoms with van der Waals surface area (Å²) in [5.74, 6) is -0.335. The van der Waals surface area contributed by atoms with Crippen molar-refractivity contribution in [3.63, 3.8) is 0 Å². The van der Waals surface area contributed by atoms with Crippen LogP contribution in [0.3, 0.4) is 0 Å². The number of benzene rings is 2. The molecule has 3 N–H and O–H groups in total. The molecule has 3 rings (SSSR count). The highest BCUT2D eigenvalue weighted by Crippen LogP contribution is 2.25. The van der Waals surface area contributed by atoms with Gasteiger partial charge in [0.15, 0.2) is 0 Å². The second kappa shape index (κ2) is 7.36. The van der Waals surface area contributed by atoms with Gasteiger partial charge >= 0.3 is 0 Å². The maximum Gasteiger partial charge on any atom is 0.238 e. The zero-order valence-corrected chi connectivity index (χ0v) is 14.7. The van der Waals surface area contributed by atoms with Crippen molar-refractivity contribution in [3.8, 4) is 16.9 Å². The predicted molar refractivity (Wildman–Crippen MR) is 95.7 cm³/mol. The zero-order chi connectivity index (χ0) is 18.7. The number of nitrogens with zero attached hydrogens (tertiary/aromatic N) is 2. The van der Waals surface area contributed by atoms with Gasteiger partial charge in [0.2, 0.25) is 10.0 Å². The smallest absolute Gasteiger partial charge is 0.238 e. The van der Waals surface area contributed by atoms with E-state index in [9.17, 15) is 12.8 Å². The Bertz CT molecular complexity index is 997. The quantitative estimate of drug-likeness (QED) is 0.690. The van der Waals surface area contributed by atoms with E-state index in [1.165, 1.54) is 24.3 Å². The third-order valence-electron chi connectivity index (χ3n) is 3.90. The Kier molecular flexibility index (Phi) is 5.17. The lowest BCUT2D eigenvalue weighted by molar-refractivity contribution is 0.288. The van der Waals surface area contributed by atoms with Crippen LogP contribution in [-0.2, 0) is 16.4 Å². The molecular formula is C18H18FN3O3S. The molecule has 0 spiro atoms. The minimum absolute atomic E-state index is 0.0113. The van der Waals surface area contributed by atoms with Crippen molar-refractivity contribution in [1.82, 2.24) is 9.78 Å². The lowest BCUT2D eigenvalue weighted by atomic mass is 10.1. The van der Waals surface area contributed by atoms with Crippen LogP contribution in [0, 0.1) is 5.82 Å². The summed E-state index contributed by atoms with van der Waals surface area (Å²) < 4.78 is 37.7. The molecule has 0 saturated carbocycles. The zero-order valence-electron chi connectivity index (χ0n) is 13.8. The summed E-state index contributed by atoms with van der Waals surface area (Å²) in [7, 11) is -3.77. The summed E-state index contributed by atoms with van der Waals surface area (Å²) in [4.78, 5) is 0.0113. The van der Waals surface area contributed by atoms with E-state index in [1.54, 1.807) is 28.9 Å². The Morgan fingerprint density at radius 2 is 1.73 bits per heavy atom. The molecule has 0 amide bonds. The molecule has 0 saturated heterocycles. The number of aryl methyl sites for hydroxylation is 1. The molecule has 0 atom stereocenters. The minimum atomic E-state index is -3.77. The van der Waals surface area contributed by atoms with Crippen LogP contribution in [0.4, 0.5) is 4.39 Å². The summed E-state index contributed by atoms with van der Waals surface area (Å²) in [6, 6.07) is 13.9. The van der Waals surface area contributed by atoms with E-state index >= 15 is 0 Å². The van der Waals surface area contributed by atoms with Crippen molar-refractivity contribution in [3.05, 3.63) is 66.1 Å². The third kappa shape index (κ3) is 3.98. The van der Waals surface area contributed by atoms with Crippen molar-refractivity contribution in [2.24, 2.45) is 5.14 Å². The molecule has 0 bridgehead atoms. The highest BCUT2D eigenvalue weighted by Gasteiger charge is 2.13. The molecule has 0 radical (unpaired) electrons. The highest BCUT2D eigenvalue weighted by molar-refractivity contribution is 7.89. The fourth-order valence-corrected chi connectivity index (χ4v) is 3.13. The normalized spacial score (nSPS) is 11.7. The summed E-state index contributed by atoms with van der Waals surface area (Å²) in [5, 5.41) is 18.7. The number of aliphatic hydroxyl groups excluding tert-OH is 1. The summed E-state index contributed by atoms with van der Waals surface area (Å²) in [6.07, 6.45) is 1.16. The van der Waals surface area contributed by atoms with Crippen LogP contribution in [-0.4, -0.2) is 29.9 Å². The topological polar surface area (TPSA) is 98.2 Å². The molecule has 0 aliphatic carbocycles. The van der Waals surface area contributed by atoms with Crippen LogP contribution in [0.2, 0.25) is 0 Å². The second-order valence-electron chi connectivity index (χ2n) is 5.81. The van der Waals surface area contributed by atoms with Gasteiger partial charge in [-0.2, -0.15) is 5.10 Å². The van der Waals surface area contributed by atoms with Gasteiger partial charge in [0.25, 0.3) is 0 Å². The van der Waals surface area contributed by atoms with Crippen molar-refractivity contribution in [1.29, 1.82) is 0 Å². The van der Waals surface area contributed by atoms with E-state index in [2.05, 4.69) is 5.10 Å². The number of hydrogen-bond donors (Lipinski definition) is 2. The van der Waals surface area contributed by atoms with Crippen molar-refractivity contribution < 1.29 is 17.9 Å². The van der Waals surface area contributed by atoms with E-state index in [-0.39, 0.29) is 17.3 Å². The van der Waals surface area contributed by atoms with Gasteiger partial charge in [0.05, 0.1) is 22.0 Å². The van der Waals surface area contributed by atoms with Crippen LogP contribution in [0.1, 0.15) is 12.1 Å². The van der Waals surface area contributed by atoms with E-state index in [4.69, 9.17) is 10.2 Å². The van der Waals surface area contributed by atoms with Gasteiger partial charge in [-0.3, -0.25) is 0 Å². The van der Waals surface area contributed by atoms with Crippen LogP contribution >= 0.6 is 0 Å². The molecule has 2 aromatic carbocycles. The van der Waals surface area contributed by atoms with Gasteiger partial charge in [-0.15, -0.1) is 0 Å². The number of halogens is 1. The molecule has 8 heteroatoms. The molecule has 1 heterocycles. The molecule has 0 fully saturated rings. The number of aromatic nitrogens is 2. The molecule has 6 nitrogen and oxygen atoms in total. The van der Waals surface area contributed by atoms with Crippen LogP contribution in [0.15, 0.2) is 59.5 Å². The molecular weight excluding hydrogens is 357 g/mol. The number of primary sulfonamides is 1. The Balaban J connectivity index is 2.06. The number of nitrogens with two attached hydrogens (primary N) is 1. The SMILES string of the molecule is NS(=O)(=O)c1ccc(-n2nc(CCCO)cc2-c2ccc(F)cc2)cc1. The molecule has 0 aliphatic rings. The van der Waals surface area contributed by atoms with E-state index in [0.717, 1.165) is 17.0 Å². The van der Waals surface area contributed by atoms with Crippen LogP contribution in [0.25, 0.3) is 16.9 Å². The number of hydrogen-bond acceptors (Lipinski definition) is 4. The summed E-state index contributed by atoms with van der Waals surface area (Å²) >= 11 is 0. The third-order valence-corrected chi connectivity index (χ3v) is 4.83. The fraction of sp³-hybridized carbons (Fsp3) is 0.167. The maximum atomic E-state index is 13.2. The van der Waals surface area contributed by atoms with Gasteiger partial charge in [-0.1, -0.05) is 0 Å². The molecule has 0 aliphatic heterocycles. The largest absolute Gasteiger partial charge is 0.396 e. The predicted octanol–water partition coefficient (Wildman–Crippen LogP) is 2.25. The van der Waals surface area contributed by atoms with Crippen molar-refractivity contribution >= 4 is 10.0 Å². The molecule has 1 aromatic heterocycles. The Morgan fingerprint density at radius 3 is 2.31 bits per heavy atom. The lowest BCUT2D eigenvalue weighted by Crippen LogP contribution is -2.12. The first-order valence-corrected chi connectivity index (χ1v) is 9.52. The highest BCUT2D eigenvalue weighted by atomic mass is 32.2. The Morgan fingerprint density at radius 1 is 1.08 bits per heavy atom. The first-order valence-electron chi connectivity index (χ1n) is 7.97. The Labute approximate surface area is 150 Å². The van der Waals surface area contributed by atoms with Gasteiger partial charge in [0, 0.05) is 12.2 Å². The first-order chi connectivity index (χ1) is 12.4. The van der Waals surface area contributed by atoms with Gasteiger partial charge in [0.1, 0.15) is 5.82 Å². The number of sulfonamides is 1. The molecule has 0 unspecified atom stereocenters. The summed E-state index contributed by atoms with van der Waals surface area (Å²) in [6.45, 7) is 0.0573. The van der Waals surface area contributed by atoms with E-state index in [1.807, 2.05) is 6.07 Å². The van der Waals surface area contributed by atoms with Crippen molar-refractivity contribution in [2.45, 2.75) is 17.7 Å². The summed E-state index contributed by atoms with van der Waals surface area (Å²) in [5.41, 5.74) is 2.92. The molecule has 3 aromatic rings. The van der Waals surface area contributed by atoms with Gasteiger partial charge in [-0.25, -0.2) is 22.6 Å². The lowest BCUT2D eigenvalue weighted by Gasteiger charge is -2.08. The van der Waals surface area contributed by atoms with Crippen LogP contribution in [0.5, 0.6) is 0 Å². The first kappa shape index (κ1) is 18.2. The second-order valence-corrected chi connectivity index (χ2v) is 7.37. The van der Waals surface area contributed by atoms with Crippen LogP contribution < -0.4 is 5.14 Å². The fourth-order valence-electron chi connectivity index (χ4n) is 2.61. The molecule has 26 heavy (non-hydrogen) atoms. The number of aliphatic hydroxyl groups is 1. The van der Waals surface area contributed by atoms with E-state index in [0.29, 0.717) is 18.5 Å². The molecule has 136 valence electrons. The van der Waals surface area contributed by atoms with Gasteiger partial charge < -0.3 is 5.11 Å². The van der Waals surface area contributed by atoms with Crippen molar-refractivity contribution in [2.75, 3.05) is 6.61 Å². The monoisotopic (exact) mass is 375 g/mol. The standard InChI is InChI=1S/C18H18FN3O3S/c19-14-5-3-13(4-6-14)18-12-15(2-1-11-23)21-22(18)16-7-9-17(10-8-16)26(20,24)25/h3-10,12,23H,1-2,11H2,(H2,20,24,25). The minimum Gasteiger partial charge on any atom is -0.396 e. The van der Waals surface area contributed by atoms with E-state index < -0.39 is 10.0 Å². The van der Waals surface area contributed by atoms with Gasteiger partial charge in [-0.05, 0) is 67.4 Å². The average molecular weight is 375 g/mol. The average Bonchev–Trinajstić information content (AvgIpc) is 3.04. The maximum absolute atomic E-state index is 13.2. The Hall–Kier alpha value is -2.55.